The minimum absolute atomic E-state index is 0.172. The van der Waals surface area contributed by atoms with Crippen molar-refractivity contribution in [3.63, 3.8) is 0 Å². The number of nitrogens with one attached hydrogen (secondary N) is 1. The van der Waals surface area contributed by atoms with E-state index in [0.717, 1.165) is 6.08 Å². The molecule has 1 aromatic rings. The monoisotopic (exact) mass is 365 g/mol. The molecular formula is C21H26F3NO. The van der Waals surface area contributed by atoms with E-state index in [1.165, 1.54) is 12.1 Å². The minimum atomic E-state index is -4.79. The molecule has 0 aliphatic heterocycles. The van der Waals surface area contributed by atoms with Crippen LogP contribution in [0.1, 0.15) is 41.5 Å². The minimum Gasteiger partial charge on any atom is -0.362 e. The number of halogens is 3. The largest absolute Gasteiger partial charge is 0.422 e. The van der Waals surface area contributed by atoms with Gasteiger partial charge in [-0.25, -0.2) is 0 Å². The number of carbonyl (C=O) groups excluding carboxylic acids is 1. The van der Waals surface area contributed by atoms with Crippen molar-refractivity contribution in [2.24, 2.45) is 10.8 Å². The van der Waals surface area contributed by atoms with Crippen molar-refractivity contribution < 1.29 is 18.0 Å². The lowest BCUT2D eigenvalue weighted by molar-refractivity contribution is -0.173. The molecule has 1 atom stereocenters. The van der Waals surface area contributed by atoms with Gasteiger partial charge < -0.3 is 5.32 Å². The number of allylic oxidation sites excluding steroid dienone is 2. The molecule has 0 amide bonds. The van der Waals surface area contributed by atoms with E-state index in [2.05, 4.69) is 5.32 Å². The Morgan fingerprint density at radius 2 is 1.42 bits per heavy atom. The number of para-hydroxylation sites is 1. The molecule has 1 unspecified atom stereocenters. The lowest BCUT2D eigenvalue weighted by Gasteiger charge is -2.41. The second kappa shape index (κ2) is 6.29. The molecule has 0 fully saturated rings. The topological polar surface area (TPSA) is 29.1 Å². The van der Waals surface area contributed by atoms with Gasteiger partial charge in [-0.3, -0.25) is 4.79 Å². The van der Waals surface area contributed by atoms with Crippen LogP contribution in [0.15, 0.2) is 53.6 Å². The summed E-state index contributed by atoms with van der Waals surface area (Å²) < 4.78 is 42.9. The second-order valence-electron chi connectivity index (χ2n) is 8.78. The third-order valence-electron chi connectivity index (χ3n) is 4.51. The van der Waals surface area contributed by atoms with Gasteiger partial charge in [0.2, 0.25) is 5.54 Å². The fourth-order valence-electron chi connectivity index (χ4n) is 2.89. The molecule has 0 radical (unpaired) electrons. The molecule has 0 aromatic heterocycles. The zero-order valence-electron chi connectivity index (χ0n) is 16.1. The molecule has 1 aliphatic rings. The summed E-state index contributed by atoms with van der Waals surface area (Å²) in [5.41, 5.74) is -3.12. The first-order valence-corrected chi connectivity index (χ1v) is 8.59. The van der Waals surface area contributed by atoms with Crippen LogP contribution in [0.3, 0.4) is 0 Å². The quantitative estimate of drug-likeness (QED) is 0.704. The number of ketones is 1. The van der Waals surface area contributed by atoms with Crippen LogP contribution in [-0.2, 0) is 4.79 Å². The van der Waals surface area contributed by atoms with Crippen molar-refractivity contribution in [1.82, 2.24) is 0 Å². The fourth-order valence-corrected chi connectivity index (χ4v) is 2.89. The molecule has 2 rings (SSSR count). The molecule has 142 valence electrons. The lowest BCUT2D eigenvalue weighted by Crippen LogP contribution is -2.59. The van der Waals surface area contributed by atoms with Crippen molar-refractivity contribution >= 4 is 11.5 Å². The first-order valence-electron chi connectivity index (χ1n) is 8.59. The number of carbonyl (C=O) groups is 1. The molecule has 1 aromatic carbocycles. The van der Waals surface area contributed by atoms with Crippen LogP contribution in [0.25, 0.3) is 0 Å². The van der Waals surface area contributed by atoms with Gasteiger partial charge in [-0.15, -0.1) is 0 Å². The summed E-state index contributed by atoms with van der Waals surface area (Å²) in [5, 5.41) is 2.50. The van der Waals surface area contributed by atoms with Gasteiger partial charge in [-0.2, -0.15) is 13.2 Å². The van der Waals surface area contributed by atoms with Crippen LogP contribution in [0.5, 0.6) is 0 Å². The summed E-state index contributed by atoms with van der Waals surface area (Å²) in [6.07, 6.45) is -2.11. The Kier molecular flexibility index (Phi) is 4.90. The molecule has 2 nitrogen and oxygen atoms in total. The van der Waals surface area contributed by atoms with Crippen LogP contribution in [0, 0.1) is 10.8 Å². The summed E-state index contributed by atoms with van der Waals surface area (Å²) in [4.78, 5) is 13.1. The number of anilines is 1. The summed E-state index contributed by atoms with van der Waals surface area (Å²) in [6, 6.07) is 8.04. The van der Waals surface area contributed by atoms with Crippen LogP contribution < -0.4 is 5.32 Å². The predicted octanol–water partition coefficient (Wildman–Crippen LogP) is 5.93. The predicted molar refractivity (Wildman–Crippen MR) is 98.9 cm³/mol. The Labute approximate surface area is 153 Å². The molecule has 0 saturated carbocycles. The van der Waals surface area contributed by atoms with Gasteiger partial charge in [0, 0.05) is 11.3 Å². The Hall–Kier alpha value is -2.04. The van der Waals surface area contributed by atoms with E-state index >= 15 is 0 Å². The Morgan fingerprint density at radius 3 is 1.85 bits per heavy atom. The van der Waals surface area contributed by atoms with E-state index in [-0.39, 0.29) is 11.3 Å². The van der Waals surface area contributed by atoms with Crippen molar-refractivity contribution in [3.05, 3.63) is 53.6 Å². The summed E-state index contributed by atoms with van der Waals surface area (Å²) in [5.74, 6) is -0.950. The third kappa shape index (κ3) is 3.71. The van der Waals surface area contributed by atoms with Gasteiger partial charge in [0.25, 0.3) is 0 Å². The highest BCUT2D eigenvalue weighted by atomic mass is 19.4. The van der Waals surface area contributed by atoms with Crippen molar-refractivity contribution in [3.8, 4) is 0 Å². The average Bonchev–Trinajstić information content (AvgIpc) is 2.46. The van der Waals surface area contributed by atoms with Crippen LogP contribution in [0.4, 0.5) is 18.9 Å². The van der Waals surface area contributed by atoms with E-state index in [9.17, 15) is 18.0 Å². The molecule has 0 heterocycles. The van der Waals surface area contributed by atoms with E-state index in [1.54, 1.807) is 45.0 Å². The third-order valence-corrected chi connectivity index (χ3v) is 4.51. The maximum atomic E-state index is 14.3. The zero-order valence-corrected chi connectivity index (χ0v) is 16.1. The van der Waals surface area contributed by atoms with Crippen molar-refractivity contribution in [1.29, 1.82) is 0 Å². The van der Waals surface area contributed by atoms with E-state index in [1.807, 2.05) is 20.8 Å². The van der Waals surface area contributed by atoms with Crippen LogP contribution >= 0.6 is 0 Å². The first kappa shape index (κ1) is 20.3. The molecule has 1 N–H and O–H groups in total. The normalized spacial score (nSPS) is 22.0. The molecule has 1 aliphatic carbocycles. The summed E-state index contributed by atoms with van der Waals surface area (Å²) in [7, 11) is 0. The van der Waals surface area contributed by atoms with Crippen molar-refractivity contribution in [2.75, 3.05) is 5.32 Å². The van der Waals surface area contributed by atoms with E-state index < -0.39 is 28.3 Å². The smallest absolute Gasteiger partial charge is 0.362 e. The van der Waals surface area contributed by atoms with Gasteiger partial charge >= 0.3 is 6.18 Å². The molecule has 0 bridgehead atoms. The van der Waals surface area contributed by atoms with Gasteiger partial charge in [0.15, 0.2) is 5.78 Å². The second-order valence-corrected chi connectivity index (χ2v) is 8.78. The highest BCUT2D eigenvalue weighted by Gasteiger charge is 2.62. The molecule has 0 spiro atoms. The Morgan fingerprint density at radius 1 is 0.885 bits per heavy atom. The maximum Gasteiger partial charge on any atom is 0.422 e. The van der Waals surface area contributed by atoms with Crippen molar-refractivity contribution in [2.45, 2.75) is 53.3 Å². The fraction of sp³-hybridized carbons (Fsp3) is 0.476. The van der Waals surface area contributed by atoms with Gasteiger partial charge in [0.1, 0.15) is 0 Å². The number of benzene rings is 1. The van der Waals surface area contributed by atoms with E-state index in [4.69, 9.17) is 0 Å². The SMILES string of the molecule is CC(C)(C)C1=CC(Nc2ccccc2)(C(F)(F)F)C(=O)C(C(C)(C)C)=C1. The van der Waals surface area contributed by atoms with Gasteiger partial charge in [0.05, 0.1) is 0 Å². The standard InChI is InChI=1S/C21H26F3NO/c1-18(2,3)14-12-16(19(4,5)6)17(26)20(13-14,21(22,23)24)25-15-10-8-7-9-11-15/h7-13,25H,1-6H3. The number of hydrogen-bond donors (Lipinski definition) is 1. The Bertz CT molecular complexity index is 746. The molecule has 5 heteroatoms. The average molecular weight is 365 g/mol. The lowest BCUT2D eigenvalue weighted by atomic mass is 9.68. The molecule has 0 saturated heterocycles. The van der Waals surface area contributed by atoms with Crippen LogP contribution in [0.2, 0.25) is 0 Å². The van der Waals surface area contributed by atoms with Crippen LogP contribution in [-0.4, -0.2) is 17.5 Å². The molecule has 26 heavy (non-hydrogen) atoms. The number of rotatable bonds is 2. The zero-order chi connectivity index (χ0) is 20.0. The van der Waals surface area contributed by atoms with E-state index in [0.29, 0.717) is 5.57 Å². The first-order chi connectivity index (χ1) is 11.7. The highest BCUT2D eigenvalue weighted by Crippen LogP contribution is 2.46. The number of Topliss-reactive ketones (excluding diaryl/α,β-unsaturated/α-hetero) is 1. The highest BCUT2D eigenvalue weighted by molar-refractivity contribution is 6.09. The number of alkyl halides is 3. The summed E-state index contributed by atoms with van der Waals surface area (Å²) in [6.45, 7) is 10.8. The molecular weight excluding hydrogens is 339 g/mol. The van der Waals surface area contributed by atoms with Gasteiger partial charge in [-0.1, -0.05) is 65.8 Å². The summed E-state index contributed by atoms with van der Waals surface area (Å²) >= 11 is 0. The Balaban J connectivity index is 2.75. The van der Waals surface area contributed by atoms with Gasteiger partial charge in [-0.05, 0) is 34.6 Å². The maximum absolute atomic E-state index is 14.3. The number of hydrogen-bond acceptors (Lipinski definition) is 2.